The minimum atomic E-state index is -4.14. The van der Waals surface area contributed by atoms with Crippen LogP contribution in [0, 0.1) is 25.1 Å². The first kappa shape index (κ1) is 36.3. The maximum Gasteiger partial charge on any atom is 0.341 e. The number of fused-ring (bicyclic) bond motifs is 3. The Kier molecular flexibility index (Phi) is 9.59. The third-order valence-electron chi connectivity index (χ3n) is 11.4. The SMILES string of the molecule is CCOc1c(C(=O)NS(=O)(=O)N2CC3(CCC3)C2)ccc(C(=O)N2CCc3c(c(=O)oc4c(C)c(N5CCN(C)C(COC)C5)cc(C)c34)C2)c1F. The van der Waals surface area contributed by atoms with Crippen LogP contribution in [0.15, 0.2) is 27.4 Å². The van der Waals surface area contributed by atoms with Crippen molar-refractivity contribution in [2.75, 3.05) is 71.5 Å². The van der Waals surface area contributed by atoms with Crippen molar-refractivity contribution in [3.05, 3.63) is 67.8 Å². The van der Waals surface area contributed by atoms with E-state index in [2.05, 4.69) is 22.9 Å². The van der Waals surface area contributed by atoms with Crippen molar-refractivity contribution in [2.45, 2.75) is 59.0 Å². The number of amides is 2. The van der Waals surface area contributed by atoms with E-state index in [1.165, 1.54) is 15.3 Å². The van der Waals surface area contributed by atoms with Gasteiger partial charge in [-0.3, -0.25) is 14.5 Å². The highest BCUT2D eigenvalue weighted by atomic mass is 32.2. The van der Waals surface area contributed by atoms with Crippen LogP contribution < -0.4 is 20.0 Å². The summed E-state index contributed by atoms with van der Waals surface area (Å²) in [5.74, 6) is -3.35. The van der Waals surface area contributed by atoms with E-state index in [-0.39, 0.29) is 42.3 Å². The summed E-state index contributed by atoms with van der Waals surface area (Å²) in [6, 6.07) is 4.70. The van der Waals surface area contributed by atoms with Crippen LogP contribution in [-0.4, -0.2) is 107 Å². The van der Waals surface area contributed by atoms with Gasteiger partial charge in [-0.2, -0.15) is 12.7 Å². The molecular formula is C37H46FN5O8S. The van der Waals surface area contributed by atoms with E-state index in [1.54, 1.807) is 14.0 Å². The number of hydrogen-bond acceptors (Lipinski definition) is 10. The molecule has 3 aliphatic heterocycles. The number of carbonyl (C=O) groups excluding carboxylic acids is 2. The normalized spacial score (nSPS) is 20.4. The summed E-state index contributed by atoms with van der Waals surface area (Å²) in [6.45, 7) is 9.38. The smallest absolute Gasteiger partial charge is 0.341 e. The monoisotopic (exact) mass is 739 g/mol. The van der Waals surface area contributed by atoms with Gasteiger partial charge in [0.15, 0.2) is 11.6 Å². The van der Waals surface area contributed by atoms with E-state index in [1.807, 2.05) is 18.6 Å². The minimum absolute atomic E-state index is 0.00597. The molecule has 1 saturated carbocycles. The minimum Gasteiger partial charge on any atom is -0.490 e. The Bertz CT molecular complexity index is 2110. The number of nitrogens with one attached hydrogen (secondary N) is 1. The van der Waals surface area contributed by atoms with Crippen molar-refractivity contribution >= 4 is 38.7 Å². The summed E-state index contributed by atoms with van der Waals surface area (Å²) in [5.41, 5.74) is 3.26. The average Bonchev–Trinajstić information content (AvgIpc) is 3.06. The largest absolute Gasteiger partial charge is 0.490 e. The van der Waals surface area contributed by atoms with Crippen LogP contribution in [0.4, 0.5) is 10.1 Å². The Hall–Kier alpha value is -4.05. The molecule has 280 valence electrons. The van der Waals surface area contributed by atoms with E-state index >= 15 is 4.39 Å². The molecule has 1 aromatic heterocycles. The molecular weight excluding hydrogens is 693 g/mol. The Labute approximate surface area is 302 Å². The molecule has 3 fully saturated rings. The fourth-order valence-corrected chi connectivity index (χ4v) is 9.61. The van der Waals surface area contributed by atoms with Crippen LogP contribution in [0.3, 0.4) is 0 Å². The summed E-state index contributed by atoms with van der Waals surface area (Å²) < 4.78 is 62.0. The van der Waals surface area contributed by atoms with Crippen molar-refractivity contribution in [1.29, 1.82) is 0 Å². The maximum atomic E-state index is 16.1. The Balaban J connectivity index is 1.13. The molecule has 2 amide bonds. The number of benzene rings is 2. The molecule has 4 aliphatic rings. The standard InChI is InChI=1S/C37H46FN5O8S/c1-6-50-33-27(34(44)39-52(47,48)43-20-37(21-43)11-7-12-37)9-8-26(31(33)38)35(45)42-13-10-25-28(18-42)36(46)51-32-23(3)29(16-22(2)30(25)32)41-15-14-40(4)24(17-41)19-49-5/h8-9,16,24H,6-7,10-15,17-21H2,1-5H3,(H,39,44). The quantitative estimate of drug-likeness (QED) is 0.325. The van der Waals surface area contributed by atoms with Gasteiger partial charge in [0, 0.05) is 63.0 Å². The van der Waals surface area contributed by atoms with E-state index in [4.69, 9.17) is 13.9 Å². The van der Waals surface area contributed by atoms with Crippen molar-refractivity contribution in [3.63, 3.8) is 0 Å². The molecule has 1 spiro atoms. The van der Waals surface area contributed by atoms with Gasteiger partial charge < -0.3 is 23.7 Å². The molecule has 15 heteroatoms. The zero-order chi connectivity index (χ0) is 37.1. The molecule has 1 aliphatic carbocycles. The number of piperazine rings is 1. The topological polar surface area (TPSA) is 142 Å². The Morgan fingerprint density at radius 1 is 1.10 bits per heavy atom. The Morgan fingerprint density at radius 3 is 2.50 bits per heavy atom. The van der Waals surface area contributed by atoms with Crippen LogP contribution in [0.5, 0.6) is 5.75 Å². The third kappa shape index (κ3) is 6.24. The molecule has 13 nitrogen and oxygen atoms in total. The molecule has 3 aromatic rings. The van der Waals surface area contributed by atoms with Gasteiger partial charge in [-0.15, -0.1) is 0 Å². The van der Waals surface area contributed by atoms with E-state index in [0.717, 1.165) is 72.7 Å². The number of aryl methyl sites for hydroxylation is 2. The predicted octanol–water partition coefficient (Wildman–Crippen LogP) is 3.37. The number of nitrogens with zero attached hydrogens (tertiary/aromatic N) is 4. The van der Waals surface area contributed by atoms with Gasteiger partial charge in [0.1, 0.15) is 5.58 Å². The molecule has 1 unspecified atom stereocenters. The highest BCUT2D eigenvalue weighted by Crippen LogP contribution is 2.49. The molecule has 1 atom stereocenters. The van der Waals surface area contributed by atoms with Crippen LogP contribution >= 0.6 is 0 Å². The molecule has 1 N–H and O–H groups in total. The van der Waals surface area contributed by atoms with Gasteiger partial charge in [-0.25, -0.2) is 13.9 Å². The van der Waals surface area contributed by atoms with Crippen molar-refractivity contribution in [3.8, 4) is 5.75 Å². The summed E-state index contributed by atoms with van der Waals surface area (Å²) in [5, 5.41) is 0.849. The molecule has 0 bridgehead atoms. The molecule has 2 saturated heterocycles. The van der Waals surface area contributed by atoms with Crippen LogP contribution in [0.25, 0.3) is 11.0 Å². The number of rotatable bonds is 9. The average molecular weight is 740 g/mol. The first-order valence-electron chi connectivity index (χ1n) is 17.9. The lowest BCUT2D eigenvalue weighted by molar-refractivity contribution is -0.00859. The Morgan fingerprint density at radius 2 is 1.83 bits per heavy atom. The van der Waals surface area contributed by atoms with Crippen LogP contribution in [0.2, 0.25) is 0 Å². The van der Waals surface area contributed by atoms with Crippen molar-refractivity contribution in [2.24, 2.45) is 5.41 Å². The number of likely N-dealkylation sites (N-methyl/N-ethyl adjacent to an activating group) is 1. The van der Waals surface area contributed by atoms with Crippen LogP contribution in [0.1, 0.15) is 69.2 Å². The fourth-order valence-electron chi connectivity index (χ4n) is 8.25. The lowest BCUT2D eigenvalue weighted by Crippen LogP contribution is -2.63. The third-order valence-corrected chi connectivity index (χ3v) is 12.8. The van der Waals surface area contributed by atoms with Gasteiger partial charge in [-0.05, 0) is 81.8 Å². The van der Waals surface area contributed by atoms with Gasteiger partial charge >= 0.3 is 15.8 Å². The number of ether oxygens (including phenoxy) is 2. The second-order valence-electron chi connectivity index (χ2n) is 14.7. The molecule has 2 aromatic carbocycles. The van der Waals surface area contributed by atoms with Crippen molar-refractivity contribution < 1.29 is 36.3 Å². The lowest BCUT2D eigenvalue weighted by Gasteiger charge is -2.54. The van der Waals surface area contributed by atoms with Crippen LogP contribution in [-0.2, 0) is 27.9 Å². The zero-order valence-electron chi connectivity index (χ0n) is 30.3. The van der Waals surface area contributed by atoms with Crippen molar-refractivity contribution in [1.82, 2.24) is 18.8 Å². The van der Waals surface area contributed by atoms with Gasteiger partial charge in [0.05, 0.1) is 42.5 Å². The summed E-state index contributed by atoms with van der Waals surface area (Å²) in [4.78, 5) is 46.5. The second-order valence-corrected chi connectivity index (χ2v) is 16.4. The number of hydrogen-bond donors (Lipinski definition) is 1. The molecule has 7 rings (SSSR count). The highest BCUT2D eigenvalue weighted by molar-refractivity contribution is 7.87. The fraction of sp³-hybridized carbons (Fsp3) is 0.541. The van der Waals surface area contributed by atoms with Gasteiger partial charge in [-0.1, -0.05) is 6.42 Å². The zero-order valence-corrected chi connectivity index (χ0v) is 31.2. The van der Waals surface area contributed by atoms with E-state index in [9.17, 15) is 22.8 Å². The van der Waals surface area contributed by atoms with E-state index < -0.39 is 39.2 Å². The van der Waals surface area contributed by atoms with E-state index in [0.29, 0.717) is 37.3 Å². The number of carbonyl (C=O) groups is 2. The maximum absolute atomic E-state index is 16.1. The molecule has 52 heavy (non-hydrogen) atoms. The van der Waals surface area contributed by atoms with Gasteiger partial charge in [0.25, 0.3) is 11.8 Å². The number of methoxy groups -OCH3 is 1. The molecule has 0 radical (unpaired) electrons. The van der Waals surface area contributed by atoms with Gasteiger partial charge in [0.2, 0.25) is 0 Å². The summed E-state index contributed by atoms with van der Waals surface area (Å²) in [7, 11) is -0.353. The number of anilines is 1. The summed E-state index contributed by atoms with van der Waals surface area (Å²) in [6.07, 6.45) is 3.33. The number of halogens is 1. The first-order chi connectivity index (χ1) is 24.8. The highest BCUT2D eigenvalue weighted by Gasteiger charge is 2.51. The molecule has 4 heterocycles. The first-order valence-corrected chi connectivity index (χ1v) is 19.3. The predicted molar refractivity (Wildman–Crippen MR) is 193 cm³/mol. The summed E-state index contributed by atoms with van der Waals surface area (Å²) >= 11 is 0. The lowest BCUT2D eigenvalue weighted by atomic mass is 9.65. The second kappa shape index (κ2) is 13.7.